The molecule has 5 heteroatoms. The summed E-state index contributed by atoms with van der Waals surface area (Å²) in [5.74, 6) is -0.736. The summed E-state index contributed by atoms with van der Waals surface area (Å²) in [6, 6.07) is 4.45. The van der Waals surface area contributed by atoms with E-state index in [2.05, 4.69) is 5.32 Å². The number of halogens is 1. The predicted octanol–water partition coefficient (Wildman–Crippen LogP) is 2.30. The van der Waals surface area contributed by atoms with E-state index >= 15 is 0 Å². The van der Waals surface area contributed by atoms with Gasteiger partial charge in [-0.25, -0.2) is 14.1 Å². The molecule has 0 radical (unpaired) electrons. The number of nitrogens with zero attached hydrogens (tertiary/aromatic N) is 1. The maximum Gasteiger partial charge on any atom is 0.329 e. The number of carbonyl (C=O) groups excluding carboxylic acids is 2. The summed E-state index contributed by atoms with van der Waals surface area (Å²) in [6.45, 7) is 3.85. The predicted molar refractivity (Wildman–Crippen MR) is 65.7 cm³/mol. The lowest BCUT2D eigenvalue weighted by Crippen LogP contribution is -2.35. The molecule has 1 heterocycles. The Labute approximate surface area is 105 Å². The van der Waals surface area contributed by atoms with E-state index in [0.717, 1.165) is 11.3 Å². The van der Waals surface area contributed by atoms with Crippen LogP contribution < -0.4 is 10.2 Å². The highest BCUT2D eigenvalue weighted by Gasteiger charge is 2.41. The number of anilines is 1. The zero-order valence-electron chi connectivity index (χ0n) is 10.3. The maximum atomic E-state index is 13.1. The largest absolute Gasteiger partial charge is 0.329 e. The molecular formula is C13H15FN2O2. The number of urea groups is 1. The summed E-state index contributed by atoms with van der Waals surface area (Å²) in [4.78, 5) is 24.9. The van der Waals surface area contributed by atoms with E-state index in [4.69, 9.17) is 0 Å². The lowest BCUT2D eigenvalue weighted by atomic mass is 9.99. The molecule has 96 valence electrons. The van der Waals surface area contributed by atoms with Crippen LogP contribution in [-0.2, 0) is 4.79 Å². The average molecular weight is 250 g/mol. The van der Waals surface area contributed by atoms with Gasteiger partial charge in [-0.05, 0) is 24.1 Å². The zero-order valence-corrected chi connectivity index (χ0v) is 10.3. The van der Waals surface area contributed by atoms with Gasteiger partial charge in [0.25, 0.3) is 5.91 Å². The van der Waals surface area contributed by atoms with Crippen molar-refractivity contribution in [2.75, 3.05) is 4.90 Å². The van der Waals surface area contributed by atoms with E-state index in [1.165, 1.54) is 18.2 Å². The molecule has 2 atom stereocenters. The summed E-state index contributed by atoms with van der Waals surface area (Å²) in [5, 5.41) is 2.64. The minimum atomic E-state index is -0.522. The fourth-order valence-electron chi connectivity index (χ4n) is 1.98. The molecule has 18 heavy (non-hydrogen) atoms. The lowest BCUT2D eigenvalue weighted by molar-refractivity contribution is -0.119. The third-order valence-electron chi connectivity index (χ3n) is 3.25. The van der Waals surface area contributed by atoms with E-state index < -0.39 is 17.9 Å². The van der Waals surface area contributed by atoms with Crippen LogP contribution in [-0.4, -0.2) is 18.0 Å². The summed E-state index contributed by atoms with van der Waals surface area (Å²) >= 11 is 0. The van der Waals surface area contributed by atoms with Gasteiger partial charge in [-0.15, -0.1) is 0 Å². The van der Waals surface area contributed by atoms with Crippen molar-refractivity contribution in [3.8, 4) is 0 Å². The molecule has 2 unspecified atom stereocenters. The molecule has 1 fully saturated rings. The van der Waals surface area contributed by atoms with Gasteiger partial charge in [-0.2, -0.15) is 0 Å². The topological polar surface area (TPSA) is 49.4 Å². The maximum absolute atomic E-state index is 13.1. The van der Waals surface area contributed by atoms with Gasteiger partial charge < -0.3 is 5.32 Å². The van der Waals surface area contributed by atoms with Gasteiger partial charge in [0.15, 0.2) is 0 Å². The zero-order chi connectivity index (χ0) is 13.3. The standard InChI is InChI=1S/C13H15FN2O2/c1-3-8(2)11-12(17)16(13(18)15-11)10-6-4-5-9(14)7-10/h4-8,11H,3H2,1-2H3,(H,15,18). The number of nitrogens with one attached hydrogen (secondary N) is 1. The van der Waals surface area contributed by atoms with Crippen molar-refractivity contribution in [2.45, 2.75) is 26.3 Å². The highest BCUT2D eigenvalue weighted by molar-refractivity contribution is 6.21. The number of rotatable bonds is 3. The van der Waals surface area contributed by atoms with Crippen molar-refractivity contribution in [1.82, 2.24) is 5.32 Å². The SMILES string of the molecule is CCC(C)C1NC(=O)N(c2cccc(F)c2)C1=O. The van der Waals surface area contributed by atoms with Crippen molar-refractivity contribution >= 4 is 17.6 Å². The first-order valence-electron chi connectivity index (χ1n) is 5.94. The second kappa shape index (κ2) is 4.76. The van der Waals surface area contributed by atoms with Gasteiger partial charge in [0.2, 0.25) is 0 Å². The Kier molecular flexibility index (Phi) is 3.32. The highest BCUT2D eigenvalue weighted by Crippen LogP contribution is 2.23. The van der Waals surface area contributed by atoms with Crippen LogP contribution in [0.2, 0.25) is 0 Å². The van der Waals surface area contributed by atoms with Crippen molar-refractivity contribution < 1.29 is 14.0 Å². The summed E-state index contributed by atoms with van der Waals surface area (Å²) < 4.78 is 13.1. The minimum Gasteiger partial charge on any atom is -0.325 e. The van der Waals surface area contributed by atoms with E-state index in [1.54, 1.807) is 6.07 Å². The second-order valence-electron chi connectivity index (χ2n) is 4.47. The third-order valence-corrected chi connectivity index (χ3v) is 3.25. The van der Waals surface area contributed by atoms with Gasteiger partial charge in [0, 0.05) is 0 Å². The first-order chi connectivity index (χ1) is 8.54. The van der Waals surface area contributed by atoms with Gasteiger partial charge >= 0.3 is 6.03 Å². The molecule has 1 saturated heterocycles. The quantitative estimate of drug-likeness (QED) is 0.837. The number of imide groups is 1. The van der Waals surface area contributed by atoms with Crippen LogP contribution >= 0.6 is 0 Å². The van der Waals surface area contributed by atoms with Crippen molar-refractivity contribution in [2.24, 2.45) is 5.92 Å². The molecule has 0 bridgehead atoms. The smallest absolute Gasteiger partial charge is 0.325 e. The molecule has 0 aromatic heterocycles. The Hall–Kier alpha value is -1.91. The van der Waals surface area contributed by atoms with Crippen LogP contribution in [0.4, 0.5) is 14.9 Å². The molecule has 0 saturated carbocycles. The Bertz CT molecular complexity index is 490. The minimum absolute atomic E-state index is 0.0556. The fraction of sp³-hybridized carbons (Fsp3) is 0.385. The second-order valence-corrected chi connectivity index (χ2v) is 4.47. The van der Waals surface area contributed by atoms with Gasteiger partial charge in [0.1, 0.15) is 11.9 Å². The Balaban J connectivity index is 2.30. The van der Waals surface area contributed by atoms with Gasteiger partial charge in [0.05, 0.1) is 5.69 Å². The summed E-state index contributed by atoms with van der Waals surface area (Å²) in [7, 11) is 0. The number of hydrogen-bond donors (Lipinski definition) is 1. The molecule has 0 aliphatic carbocycles. The molecule has 1 aromatic carbocycles. The van der Waals surface area contributed by atoms with Gasteiger partial charge in [-0.3, -0.25) is 4.79 Å². The molecule has 3 amide bonds. The monoisotopic (exact) mass is 250 g/mol. The first kappa shape index (κ1) is 12.5. The molecular weight excluding hydrogens is 235 g/mol. The number of amides is 3. The van der Waals surface area contributed by atoms with Crippen LogP contribution in [0, 0.1) is 11.7 Å². The molecule has 1 N–H and O–H groups in total. The van der Waals surface area contributed by atoms with Crippen LogP contribution in [0.3, 0.4) is 0 Å². The van der Waals surface area contributed by atoms with Crippen LogP contribution in [0.15, 0.2) is 24.3 Å². The van der Waals surface area contributed by atoms with E-state index in [0.29, 0.717) is 0 Å². The van der Waals surface area contributed by atoms with Crippen LogP contribution in [0.5, 0.6) is 0 Å². The van der Waals surface area contributed by atoms with Crippen molar-refractivity contribution in [3.05, 3.63) is 30.1 Å². The Morgan fingerprint density at radius 3 is 2.78 bits per heavy atom. The summed E-state index contributed by atoms with van der Waals surface area (Å²) in [6.07, 6.45) is 0.785. The normalized spacial score (nSPS) is 21.1. The molecule has 2 rings (SSSR count). The van der Waals surface area contributed by atoms with Crippen LogP contribution in [0.1, 0.15) is 20.3 Å². The highest BCUT2D eigenvalue weighted by atomic mass is 19.1. The van der Waals surface area contributed by atoms with Crippen LogP contribution in [0.25, 0.3) is 0 Å². The molecule has 1 aromatic rings. The summed E-state index contributed by atoms with van der Waals surface area (Å²) in [5.41, 5.74) is 0.267. The molecule has 1 aliphatic heterocycles. The molecule has 0 spiro atoms. The Morgan fingerprint density at radius 2 is 2.17 bits per heavy atom. The number of hydrogen-bond acceptors (Lipinski definition) is 2. The number of benzene rings is 1. The third kappa shape index (κ3) is 2.08. The van der Waals surface area contributed by atoms with Crippen molar-refractivity contribution in [3.63, 3.8) is 0 Å². The van der Waals surface area contributed by atoms with Crippen molar-refractivity contribution in [1.29, 1.82) is 0 Å². The molecule has 1 aliphatic rings. The van der Waals surface area contributed by atoms with E-state index in [-0.39, 0.29) is 17.5 Å². The molecule has 4 nitrogen and oxygen atoms in total. The number of carbonyl (C=O) groups is 2. The average Bonchev–Trinajstić information content (AvgIpc) is 2.64. The van der Waals surface area contributed by atoms with E-state index in [1.807, 2.05) is 13.8 Å². The lowest BCUT2D eigenvalue weighted by Gasteiger charge is -2.16. The fourth-order valence-corrected chi connectivity index (χ4v) is 1.98. The first-order valence-corrected chi connectivity index (χ1v) is 5.94. The van der Waals surface area contributed by atoms with E-state index in [9.17, 15) is 14.0 Å². The van der Waals surface area contributed by atoms with Gasteiger partial charge in [-0.1, -0.05) is 26.3 Å². The Morgan fingerprint density at radius 1 is 1.44 bits per heavy atom.